The Labute approximate surface area is 127 Å². The van der Waals surface area contributed by atoms with Crippen LogP contribution in [-0.2, 0) is 10.0 Å². The van der Waals surface area contributed by atoms with Crippen molar-refractivity contribution in [1.29, 1.82) is 0 Å². The number of nitrogens with one attached hydrogen (secondary N) is 1. The van der Waals surface area contributed by atoms with Crippen LogP contribution in [-0.4, -0.2) is 14.2 Å². The standard InChI is InChI=1S/C14H15FN2O2S2/c1-2-20-12-8-4-3-7-11(12)17-21(18,19)13-9-5-6-10(15)14(13)16/h3-9,17H,2,16H2,1H3. The summed E-state index contributed by atoms with van der Waals surface area (Å²) < 4.78 is 40.6. The first-order valence-corrected chi connectivity index (χ1v) is 8.71. The Balaban J connectivity index is 2.40. The van der Waals surface area contributed by atoms with Crippen LogP contribution in [0.2, 0.25) is 0 Å². The van der Waals surface area contributed by atoms with Crippen molar-refractivity contribution in [1.82, 2.24) is 0 Å². The van der Waals surface area contributed by atoms with E-state index in [1.165, 1.54) is 23.9 Å². The van der Waals surface area contributed by atoms with Crippen LogP contribution in [0.15, 0.2) is 52.3 Å². The second kappa shape index (κ2) is 6.36. The molecule has 0 fully saturated rings. The number of thioether (sulfide) groups is 1. The molecule has 0 aliphatic rings. The van der Waals surface area contributed by atoms with Crippen LogP contribution in [0.4, 0.5) is 15.8 Å². The van der Waals surface area contributed by atoms with Crippen LogP contribution in [0.1, 0.15) is 6.92 Å². The molecule has 112 valence electrons. The van der Waals surface area contributed by atoms with Gasteiger partial charge in [-0.1, -0.05) is 25.1 Å². The molecule has 0 unspecified atom stereocenters. The summed E-state index contributed by atoms with van der Waals surface area (Å²) in [5.41, 5.74) is 5.59. The Morgan fingerprint density at radius 3 is 2.62 bits per heavy atom. The summed E-state index contributed by atoms with van der Waals surface area (Å²) in [6.07, 6.45) is 0. The number of halogens is 1. The van der Waals surface area contributed by atoms with Gasteiger partial charge in [0.1, 0.15) is 10.7 Å². The second-order valence-electron chi connectivity index (χ2n) is 4.19. The van der Waals surface area contributed by atoms with Gasteiger partial charge in [0.05, 0.1) is 11.4 Å². The fraction of sp³-hybridized carbons (Fsp3) is 0.143. The summed E-state index contributed by atoms with van der Waals surface area (Å²) in [7, 11) is -3.94. The first-order chi connectivity index (χ1) is 9.95. The van der Waals surface area contributed by atoms with Crippen molar-refractivity contribution in [3.63, 3.8) is 0 Å². The fourth-order valence-corrected chi connectivity index (χ4v) is 3.83. The lowest BCUT2D eigenvalue weighted by atomic mass is 10.3. The van der Waals surface area contributed by atoms with Crippen molar-refractivity contribution in [2.24, 2.45) is 0 Å². The van der Waals surface area contributed by atoms with E-state index in [1.807, 2.05) is 19.1 Å². The van der Waals surface area contributed by atoms with Gasteiger partial charge in [-0.05, 0) is 30.0 Å². The Bertz CT molecular complexity index is 748. The van der Waals surface area contributed by atoms with Gasteiger partial charge in [0.15, 0.2) is 0 Å². The molecule has 0 aromatic heterocycles. The van der Waals surface area contributed by atoms with Gasteiger partial charge in [0.2, 0.25) is 0 Å². The lowest BCUT2D eigenvalue weighted by Crippen LogP contribution is -2.16. The Kier molecular flexibility index (Phi) is 4.74. The Morgan fingerprint density at radius 2 is 1.90 bits per heavy atom. The summed E-state index contributed by atoms with van der Waals surface area (Å²) in [6.45, 7) is 1.97. The maximum absolute atomic E-state index is 13.4. The molecule has 0 spiro atoms. The molecule has 2 rings (SSSR count). The van der Waals surface area contributed by atoms with E-state index in [2.05, 4.69) is 4.72 Å². The van der Waals surface area contributed by atoms with Crippen LogP contribution in [0, 0.1) is 5.82 Å². The molecule has 0 bridgehead atoms. The van der Waals surface area contributed by atoms with E-state index in [0.29, 0.717) is 5.69 Å². The zero-order valence-electron chi connectivity index (χ0n) is 11.3. The molecule has 21 heavy (non-hydrogen) atoms. The largest absolute Gasteiger partial charge is 0.395 e. The third-order valence-electron chi connectivity index (χ3n) is 2.73. The average molecular weight is 326 g/mol. The zero-order valence-corrected chi connectivity index (χ0v) is 13.0. The number of benzene rings is 2. The summed E-state index contributed by atoms with van der Waals surface area (Å²) >= 11 is 1.51. The third-order valence-corrected chi connectivity index (χ3v) is 5.11. The molecule has 0 aliphatic carbocycles. The predicted octanol–water partition coefficient (Wildman–Crippen LogP) is 3.32. The summed E-state index contributed by atoms with van der Waals surface area (Å²) in [6, 6.07) is 10.7. The molecule has 0 heterocycles. The predicted molar refractivity (Wildman–Crippen MR) is 84.5 cm³/mol. The van der Waals surface area contributed by atoms with Gasteiger partial charge >= 0.3 is 0 Å². The average Bonchev–Trinajstić information content (AvgIpc) is 2.44. The topological polar surface area (TPSA) is 72.2 Å². The molecule has 0 radical (unpaired) electrons. The van der Waals surface area contributed by atoms with Gasteiger partial charge in [-0.2, -0.15) is 0 Å². The van der Waals surface area contributed by atoms with E-state index in [9.17, 15) is 12.8 Å². The number of hydrogen-bond donors (Lipinski definition) is 2. The van der Waals surface area contributed by atoms with Crippen LogP contribution in [0.5, 0.6) is 0 Å². The number of rotatable bonds is 5. The van der Waals surface area contributed by atoms with Crippen LogP contribution in [0.3, 0.4) is 0 Å². The summed E-state index contributed by atoms with van der Waals surface area (Å²) in [5.74, 6) is 0.0509. The normalized spacial score (nSPS) is 11.3. The molecule has 2 aromatic carbocycles. The minimum atomic E-state index is -3.94. The molecule has 3 N–H and O–H groups in total. The van der Waals surface area contributed by atoms with Gasteiger partial charge in [0, 0.05) is 4.90 Å². The Hall–Kier alpha value is -1.73. The molecule has 0 saturated heterocycles. The van der Waals surface area contributed by atoms with Gasteiger partial charge in [-0.3, -0.25) is 4.72 Å². The minimum absolute atomic E-state index is 0.265. The van der Waals surface area contributed by atoms with E-state index < -0.39 is 15.8 Å². The van der Waals surface area contributed by atoms with Gasteiger partial charge < -0.3 is 5.73 Å². The molecule has 0 atom stereocenters. The first kappa shape index (κ1) is 15.7. The highest BCUT2D eigenvalue weighted by molar-refractivity contribution is 7.99. The molecular weight excluding hydrogens is 311 g/mol. The molecule has 0 saturated carbocycles. The zero-order chi connectivity index (χ0) is 15.5. The van der Waals surface area contributed by atoms with Crippen LogP contribution in [0.25, 0.3) is 0 Å². The highest BCUT2D eigenvalue weighted by Crippen LogP contribution is 2.30. The number of para-hydroxylation sites is 2. The number of sulfonamides is 1. The van der Waals surface area contributed by atoms with Crippen LogP contribution >= 0.6 is 11.8 Å². The molecule has 0 aliphatic heterocycles. The van der Waals surface area contributed by atoms with Crippen molar-refractivity contribution < 1.29 is 12.8 Å². The minimum Gasteiger partial charge on any atom is -0.395 e. The summed E-state index contributed by atoms with van der Waals surface area (Å²) in [5, 5.41) is 0. The van der Waals surface area contributed by atoms with E-state index >= 15 is 0 Å². The smallest absolute Gasteiger partial charge is 0.264 e. The van der Waals surface area contributed by atoms with E-state index in [0.717, 1.165) is 16.7 Å². The van der Waals surface area contributed by atoms with Gasteiger partial charge in [0.25, 0.3) is 10.0 Å². The highest BCUT2D eigenvalue weighted by atomic mass is 32.2. The van der Waals surface area contributed by atoms with Crippen molar-refractivity contribution in [2.45, 2.75) is 16.7 Å². The lowest BCUT2D eigenvalue weighted by molar-refractivity contribution is 0.597. The van der Waals surface area contributed by atoms with Crippen LogP contribution < -0.4 is 10.5 Å². The quantitative estimate of drug-likeness (QED) is 0.653. The van der Waals surface area contributed by atoms with Crippen molar-refractivity contribution in [3.8, 4) is 0 Å². The third kappa shape index (κ3) is 3.48. The number of nitrogens with two attached hydrogens (primary N) is 1. The number of hydrogen-bond acceptors (Lipinski definition) is 4. The van der Waals surface area contributed by atoms with Crippen molar-refractivity contribution in [2.75, 3.05) is 16.2 Å². The monoisotopic (exact) mass is 326 g/mol. The second-order valence-corrected chi connectivity index (χ2v) is 7.14. The number of anilines is 2. The van der Waals surface area contributed by atoms with E-state index in [1.54, 1.807) is 12.1 Å². The summed E-state index contributed by atoms with van der Waals surface area (Å²) in [4.78, 5) is 0.539. The molecule has 0 amide bonds. The maximum atomic E-state index is 13.4. The molecular formula is C14H15FN2O2S2. The molecule has 2 aromatic rings. The van der Waals surface area contributed by atoms with Crippen molar-refractivity contribution in [3.05, 3.63) is 48.3 Å². The SMILES string of the molecule is CCSc1ccccc1NS(=O)(=O)c1cccc(F)c1N. The first-order valence-electron chi connectivity index (χ1n) is 6.24. The lowest BCUT2D eigenvalue weighted by Gasteiger charge is -2.13. The van der Waals surface area contributed by atoms with E-state index in [-0.39, 0.29) is 10.6 Å². The van der Waals surface area contributed by atoms with Gasteiger partial charge in [-0.25, -0.2) is 12.8 Å². The molecule has 4 nitrogen and oxygen atoms in total. The maximum Gasteiger partial charge on any atom is 0.264 e. The van der Waals surface area contributed by atoms with Gasteiger partial charge in [-0.15, -0.1) is 11.8 Å². The van der Waals surface area contributed by atoms with E-state index in [4.69, 9.17) is 5.73 Å². The number of nitrogen functional groups attached to an aromatic ring is 1. The highest BCUT2D eigenvalue weighted by Gasteiger charge is 2.20. The van der Waals surface area contributed by atoms with Crippen molar-refractivity contribution >= 4 is 33.2 Å². The molecule has 7 heteroatoms. The Morgan fingerprint density at radius 1 is 1.19 bits per heavy atom. The fourth-order valence-electron chi connectivity index (χ4n) is 1.78.